The third kappa shape index (κ3) is 15.7. The quantitative estimate of drug-likeness (QED) is 0.323. The maximum absolute atomic E-state index is 10.1. The van der Waals surface area contributed by atoms with E-state index in [2.05, 4.69) is 69.2 Å². The molecule has 1 aromatic heterocycles. The number of hydrogen-bond donors (Lipinski definition) is 0. The zero-order valence-electron chi connectivity index (χ0n) is 19.0. The molecule has 0 fully saturated rings. The van der Waals surface area contributed by atoms with Crippen molar-refractivity contribution in [2.75, 3.05) is 12.5 Å². The highest BCUT2D eigenvalue weighted by molar-refractivity contribution is 8.11. The monoisotopic (exact) mass is 471 g/mol. The summed E-state index contributed by atoms with van der Waals surface area (Å²) in [5, 5.41) is 0. The van der Waals surface area contributed by atoms with Crippen molar-refractivity contribution in [3.05, 3.63) is 58.7 Å². The molecule has 0 saturated carbocycles. The fourth-order valence-corrected chi connectivity index (χ4v) is 5.10. The summed E-state index contributed by atoms with van der Waals surface area (Å²) in [5.41, 5.74) is 1.36. The third-order valence-electron chi connectivity index (χ3n) is 4.49. The van der Waals surface area contributed by atoms with E-state index in [1.54, 1.807) is 0 Å². The molecule has 1 aromatic carbocycles. The van der Waals surface area contributed by atoms with Crippen molar-refractivity contribution in [2.24, 2.45) is 0 Å². The first-order valence-corrected chi connectivity index (χ1v) is 14.5. The highest BCUT2D eigenvalue weighted by Crippen LogP contribution is 2.09. The Balaban J connectivity index is 0.000000452. The van der Waals surface area contributed by atoms with Gasteiger partial charge in [0, 0.05) is 12.5 Å². The molecule has 0 aliphatic rings. The molecular formula is C22H37N3O4S2. The SMILES string of the molecule is CCCCCCCCCCn1cc[n+](Cc2ccccc2)c1.CS(=O)(=O)[N-]S(C)(=O)=O. The summed E-state index contributed by atoms with van der Waals surface area (Å²) in [6.45, 7) is 4.39. The van der Waals surface area contributed by atoms with Crippen molar-refractivity contribution < 1.29 is 21.4 Å². The van der Waals surface area contributed by atoms with E-state index in [1.807, 2.05) is 0 Å². The van der Waals surface area contributed by atoms with Crippen molar-refractivity contribution >= 4 is 20.0 Å². The van der Waals surface area contributed by atoms with Gasteiger partial charge >= 0.3 is 0 Å². The highest BCUT2D eigenvalue weighted by Gasteiger charge is 2.04. The van der Waals surface area contributed by atoms with Crippen LogP contribution < -0.4 is 4.57 Å². The number of sulfonamides is 2. The molecule has 31 heavy (non-hydrogen) atoms. The summed E-state index contributed by atoms with van der Waals surface area (Å²) in [4.78, 5) is 0. The number of benzene rings is 1. The fourth-order valence-electron chi connectivity index (χ4n) is 3.13. The maximum Gasteiger partial charge on any atom is 0.244 e. The molecule has 0 atom stereocenters. The number of unbranched alkanes of at least 4 members (excludes halogenated alkanes) is 7. The van der Waals surface area contributed by atoms with Gasteiger partial charge in [0.1, 0.15) is 18.9 Å². The Labute approximate surface area is 188 Å². The van der Waals surface area contributed by atoms with Crippen LogP contribution in [0.25, 0.3) is 4.13 Å². The molecule has 176 valence electrons. The smallest absolute Gasteiger partial charge is 0.244 e. The normalized spacial score (nSPS) is 11.7. The lowest BCUT2D eigenvalue weighted by Crippen LogP contribution is -2.31. The molecule has 0 aliphatic heterocycles. The Morgan fingerprint density at radius 3 is 1.90 bits per heavy atom. The van der Waals surface area contributed by atoms with Crippen molar-refractivity contribution in [3.63, 3.8) is 0 Å². The molecule has 9 heteroatoms. The van der Waals surface area contributed by atoms with Crippen LogP contribution in [0.2, 0.25) is 0 Å². The van der Waals surface area contributed by atoms with Gasteiger partial charge in [-0.25, -0.2) is 26.0 Å². The lowest BCUT2D eigenvalue weighted by atomic mass is 10.1. The Kier molecular flexibility index (Phi) is 12.7. The van der Waals surface area contributed by atoms with Crippen LogP contribution in [-0.4, -0.2) is 33.9 Å². The molecule has 2 aromatic rings. The van der Waals surface area contributed by atoms with E-state index in [0.717, 1.165) is 13.1 Å². The van der Waals surface area contributed by atoms with Gasteiger partial charge in [-0.15, -0.1) is 0 Å². The largest absolute Gasteiger partial charge is 0.437 e. The van der Waals surface area contributed by atoms with E-state index in [1.165, 1.54) is 56.9 Å². The molecular weight excluding hydrogens is 434 g/mol. The van der Waals surface area contributed by atoms with Crippen LogP contribution in [-0.2, 0) is 33.1 Å². The molecule has 0 radical (unpaired) electrons. The van der Waals surface area contributed by atoms with Crippen molar-refractivity contribution in [2.45, 2.75) is 71.4 Å². The Bertz CT molecular complexity index is 910. The number of aryl methyl sites for hydroxylation is 1. The number of aromatic nitrogens is 2. The van der Waals surface area contributed by atoms with Crippen LogP contribution in [0.1, 0.15) is 63.9 Å². The van der Waals surface area contributed by atoms with Crippen LogP contribution in [0.3, 0.4) is 0 Å². The predicted molar refractivity (Wildman–Crippen MR) is 126 cm³/mol. The summed E-state index contributed by atoms with van der Waals surface area (Å²) in [5.74, 6) is 0. The minimum absolute atomic E-state index is 0.716. The van der Waals surface area contributed by atoms with E-state index in [9.17, 15) is 16.8 Å². The second-order valence-electron chi connectivity index (χ2n) is 7.82. The van der Waals surface area contributed by atoms with Gasteiger partial charge in [0.25, 0.3) is 0 Å². The number of imidazole rings is 1. The van der Waals surface area contributed by atoms with Gasteiger partial charge in [-0.3, -0.25) is 0 Å². The first kappa shape index (κ1) is 27.3. The summed E-state index contributed by atoms with van der Waals surface area (Å²) >= 11 is 0. The zero-order chi connectivity index (χ0) is 23.2. The van der Waals surface area contributed by atoms with Crippen molar-refractivity contribution in [1.29, 1.82) is 0 Å². The lowest BCUT2D eigenvalue weighted by Gasteiger charge is -2.11. The van der Waals surface area contributed by atoms with Gasteiger partial charge < -0.3 is 4.13 Å². The third-order valence-corrected chi connectivity index (χ3v) is 6.66. The molecule has 0 amide bonds. The molecule has 1 heterocycles. The Morgan fingerprint density at radius 2 is 1.39 bits per heavy atom. The van der Waals surface area contributed by atoms with Gasteiger partial charge in [-0.2, -0.15) is 0 Å². The predicted octanol–water partition coefficient (Wildman–Crippen LogP) is 4.24. The molecule has 0 bridgehead atoms. The van der Waals surface area contributed by atoms with Crippen molar-refractivity contribution in [3.8, 4) is 0 Å². The van der Waals surface area contributed by atoms with Crippen LogP contribution >= 0.6 is 0 Å². The van der Waals surface area contributed by atoms with Crippen LogP contribution in [0.15, 0.2) is 49.1 Å². The topological polar surface area (TPSA) is 91.2 Å². The van der Waals surface area contributed by atoms with Crippen LogP contribution in [0.5, 0.6) is 0 Å². The Hall–Kier alpha value is -1.71. The molecule has 0 saturated heterocycles. The van der Waals surface area contributed by atoms with Gasteiger partial charge in [-0.1, -0.05) is 75.8 Å². The fraction of sp³-hybridized carbons (Fsp3) is 0.591. The first-order valence-electron chi connectivity index (χ1n) is 10.8. The summed E-state index contributed by atoms with van der Waals surface area (Å²) < 4.78 is 47.5. The average molecular weight is 472 g/mol. The molecule has 0 N–H and O–H groups in total. The standard InChI is InChI=1S/C20H31N2.C2H6NO4S2/c1-2-3-4-5-6-7-8-12-15-21-16-17-22(19-21)18-20-13-10-9-11-14-20;1-8(4,5)3-9(2,6)7/h9-11,13-14,16-17,19H,2-8,12,15,18H2,1H3;1-2H3/q+1;-1. The molecule has 0 aliphatic carbocycles. The molecule has 2 rings (SSSR count). The van der Waals surface area contributed by atoms with Crippen molar-refractivity contribution in [1.82, 2.24) is 4.57 Å². The average Bonchev–Trinajstić information content (AvgIpc) is 3.09. The highest BCUT2D eigenvalue weighted by atomic mass is 32.3. The van der Waals surface area contributed by atoms with E-state index in [0.29, 0.717) is 12.5 Å². The van der Waals surface area contributed by atoms with E-state index >= 15 is 0 Å². The second-order valence-corrected chi connectivity index (χ2v) is 11.4. The van der Waals surface area contributed by atoms with E-state index in [-0.39, 0.29) is 0 Å². The van der Waals surface area contributed by atoms with Gasteiger partial charge in [0.2, 0.25) is 6.33 Å². The minimum atomic E-state index is -3.74. The summed E-state index contributed by atoms with van der Waals surface area (Å²) in [7, 11) is -7.49. The van der Waals surface area contributed by atoms with Gasteiger partial charge in [0.15, 0.2) is 0 Å². The number of rotatable bonds is 13. The molecule has 0 spiro atoms. The van der Waals surface area contributed by atoms with E-state index in [4.69, 9.17) is 0 Å². The van der Waals surface area contributed by atoms with Gasteiger partial charge in [0.05, 0.1) is 26.6 Å². The lowest BCUT2D eigenvalue weighted by molar-refractivity contribution is -0.687. The summed E-state index contributed by atoms with van der Waals surface area (Å²) in [6, 6.07) is 10.6. The van der Waals surface area contributed by atoms with E-state index < -0.39 is 20.0 Å². The minimum Gasteiger partial charge on any atom is -0.437 e. The van der Waals surface area contributed by atoms with Gasteiger partial charge in [-0.05, 0) is 18.4 Å². The van der Waals surface area contributed by atoms with Crippen LogP contribution in [0.4, 0.5) is 0 Å². The van der Waals surface area contributed by atoms with Crippen LogP contribution in [0, 0.1) is 0 Å². The maximum atomic E-state index is 10.1. The Morgan fingerprint density at radius 1 is 0.839 bits per heavy atom. The summed E-state index contributed by atoms with van der Waals surface area (Å²) in [6.07, 6.45) is 19.1. The number of hydrogen-bond acceptors (Lipinski definition) is 4. The first-order chi connectivity index (χ1) is 14.6. The number of nitrogens with zero attached hydrogens (tertiary/aromatic N) is 3. The molecule has 0 unspecified atom stereocenters. The zero-order valence-corrected chi connectivity index (χ0v) is 20.6. The molecule has 7 nitrogen and oxygen atoms in total. The second kappa shape index (κ2) is 14.4.